The van der Waals surface area contributed by atoms with Crippen LogP contribution in [0.1, 0.15) is 36.8 Å². The summed E-state index contributed by atoms with van der Waals surface area (Å²) < 4.78 is 1.78. The third-order valence-electron chi connectivity index (χ3n) is 2.85. The van der Waals surface area contributed by atoms with E-state index in [1.54, 1.807) is 28.9 Å². The Kier molecular flexibility index (Phi) is 3.74. The summed E-state index contributed by atoms with van der Waals surface area (Å²) in [6.07, 6.45) is 1.86. The van der Waals surface area contributed by atoms with Crippen molar-refractivity contribution in [1.82, 2.24) is 15.0 Å². The largest absolute Gasteiger partial charge is 0.478 e. The number of hydrogen-bond donors (Lipinski definition) is 2. The number of nitrogens with one attached hydrogen (secondary N) is 1. The van der Waals surface area contributed by atoms with Crippen molar-refractivity contribution in [3.63, 3.8) is 0 Å². The summed E-state index contributed by atoms with van der Waals surface area (Å²) >= 11 is 0. The molecule has 0 aliphatic rings. The van der Waals surface area contributed by atoms with Gasteiger partial charge in [-0.15, -0.1) is 5.10 Å². The molecule has 20 heavy (non-hydrogen) atoms. The zero-order chi connectivity index (χ0) is 14.8. The second-order valence-corrected chi connectivity index (χ2v) is 5.53. The van der Waals surface area contributed by atoms with E-state index in [1.165, 1.54) is 0 Å². The van der Waals surface area contributed by atoms with Gasteiger partial charge in [0.25, 0.3) is 0 Å². The molecule has 2 aromatic rings. The first-order valence-electron chi connectivity index (χ1n) is 6.36. The average molecular weight is 274 g/mol. The minimum absolute atomic E-state index is 0.121. The summed E-state index contributed by atoms with van der Waals surface area (Å²) in [6, 6.07) is 6.79. The lowest BCUT2D eigenvalue weighted by atomic mass is 10.1. The van der Waals surface area contributed by atoms with E-state index < -0.39 is 5.97 Å². The van der Waals surface area contributed by atoms with Crippen molar-refractivity contribution < 1.29 is 9.90 Å². The Morgan fingerprint density at radius 2 is 2.05 bits per heavy atom. The van der Waals surface area contributed by atoms with Gasteiger partial charge in [-0.05, 0) is 32.9 Å². The van der Waals surface area contributed by atoms with Crippen LogP contribution >= 0.6 is 0 Å². The van der Waals surface area contributed by atoms with E-state index in [-0.39, 0.29) is 11.1 Å². The number of hydrogen-bond acceptors (Lipinski definition) is 4. The summed E-state index contributed by atoms with van der Waals surface area (Å²) in [5, 5.41) is 20.3. The van der Waals surface area contributed by atoms with Crippen molar-refractivity contribution in [3.8, 4) is 0 Å². The van der Waals surface area contributed by atoms with Gasteiger partial charge >= 0.3 is 5.97 Å². The number of benzene rings is 1. The molecule has 0 fully saturated rings. The summed E-state index contributed by atoms with van der Waals surface area (Å²) in [6.45, 7) is 6.55. The number of carboxylic acid groups (broad SMARTS) is 1. The summed E-state index contributed by atoms with van der Waals surface area (Å²) in [7, 11) is 0. The molecule has 0 bridgehead atoms. The van der Waals surface area contributed by atoms with E-state index >= 15 is 0 Å². The van der Waals surface area contributed by atoms with Crippen LogP contribution in [0.2, 0.25) is 0 Å². The van der Waals surface area contributed by atoms with Gasteiger partial charge in [0.2, 0.25) is 0 Å². The first kappa shape index (κ1) is 14.0. The fraction of sp³-hybridized carbons (Fsp3) is 0.357. The molecule has 0 radical (unpaired) electrons. The van der Waals surface area contributed by atoms with Crippen LogP contribution in [0.5, 0.6) is 0 Å². The Labute approximate surface area is 117 Å². The minimum atomic E-state index is -0.952. The quantitative estimate of drug-likeness (QED) is 0.894. The molecule has 6 nitrogen and oxygen atoms in total. The van der Waals surface area contributed by atoms with Gasteiger partial charge in [0, 0.05) is 5.69 Å². The number of carbonyl (C=O) groups is 1. The number of para-hydroxylation sites is 1. The fourth-order valence-electron chi connectivity index (χ4n) is 1.72. The van der Waals surface area contributed by atoms with Crippen molar-refractivity contribution in [1.29, 1.82) is 0 Å². The second-order valence-electron chi connectivity index (χ2n) is 5.53. The normalized spacial score (nSPS) is 11.3. The van der Waals surface area contributed by atoms with Gasteiger partial charge in [0.1, 0.15) is 5.69 Å². The minimum Gasteiger partial charge on any atom is -0.478 e. The van der Waals surface area contributed by atoms with Gasteiger partial charge in [-0.3, -0.25) is 0 Å². The molecular weight excluding hydrogens is 256 g/mol. The Morgan fingerprint density at radius 3 is 2.65 bits per heavy atom. The zero-order valence-corrected chi connectivity index (χ0v) is 11.8. The van der Waals surface area contributed by atoms with Crippen LogP contribution in [0.3, 0.4) is 0 Å². The molecule has 0 unspecified atom stereocenters. The molecule has 0 spiro atoms. The Balaban J connectivity index is 2.10. The number of carboxylic acids is 1. The number of rotatable bonds is 4. The molecule has 0 saturated carbocycles. The van der Waals surface area contributed by atoms with Gasteiger partial charge in [0.15, 0.2) is 0 Å². The lowest BCUT2D eigenvalue weighted by molar-refractivity contribution is 0.0698. The van der Waals surface area contributed by atoms with Gasteiger partial charge in [0.05, 0.1) is 23.8 Å². The molecule has 0 atom stereocenters. The highest BCUT2D eigenvalue weighted by Gasteiger charge is 2.15. The molecule has 0 saturated heterocycles. The summed E-state index contributed by atoms with van der Waals surface area (Å²) in [5.41, 5.74) is 1.46. The Morgan fingerprint density at radius 1 is 1.35 bits per heavy atom. The number of anilines is 1. The van der Waals surface area contributed by atoms with E-state index in [1.807, 2.05) is 27.0 Å². The smallest absolute Gasteiger partial charge is 0.337 e. The third-order valence-corrected chi connectivity index (χ3v) is 2.85. The first-order valence-corrected chi connectivity index (χ1v) is 6.36. The van der Waals surface area contributed by atoms with E-state index in [2.05, 4.69) is 15.6 Å². The highest BCUT2D eigenvalue weighted by atomic mass is 16.4. The maximum atomic E-state index is 11.1. The molecule has 0 aliphatic heterocycles. The van der Waals surface area contributed by atoms with Crippen LogP contribution in [0.25, 0.3) is 0 Å². The highest BCUT2D eigenvalue weighted by molar-refractivity contribution is 5.94. The molecule has 1 aromatic heterocycles. The van der Waals surface area contributed by atoms with Crippen molar-refractivity contribution in [3.05, 3.63) is 41.7 Å². The SMILES string of the molecule is CC(C)(C)n1cc(CNc2ccccc2C(=O)O)nn1. The topological polar surface area (TPSA) is 80.0 Å². The average Bonchev–Trinajstić information content (AvgIpc) is 2.85. The predicted molar refractivity (Wildman–Crippen MR) is 75.7 cm³/mol. The van der Waals surface area contributed by atoms with E-state index in [4.69, 9.17) is 5.11 Å². The monoisotopic (exact) mass is 274 g/mol. The Bertz CT molecular complexity index is 614. The van der Waals surface area contributed by atoms with Crippen LogP contribution in [-0.4, -0.2) is 26.1 Å². The lowest BCUT2D eigenvalue weighted by Crippen LogP contribution is -2.22. The molecule has 1 heterocycles. The van der Waals surface area contributed by atoms with Crippen molar-refractivity contribution >= 4 is 11.7 Å². The van der Waals surface area contributed by atoms with Crippen molar-refractivity contribution in [2.75, 3.05) is 5.32 Å². The standard InChI is InChI=1S/C14H18N4O2/c1-14(2,3)18-9-10(16-17-18)8-15-12-7-5-4-6-11(12)13(19)20/h4-7,9,15H,8H2,1-3H3,(H,19,20). The van der Waals surface area contributed by atoms with Crippen LogP contribution < -0.4 is 5.32 Å². The van der Waals surface area contributed by atoms with E-state index in [0.717, 1.165) is 5.69 Å². The molecule has 0 amide bonds. The number of aromatic carboxylic acids is 1. The number of nitrogens with zero attached hydrogens (tertiary/aromatic N) is 3. The molecule has 106 valence electrons. The van der Waals surface area contributed by atoms with Crippen LogP contribution in [-0.2, 0) is 12.1 Å². The molecule has 1 aromatic carbocycles. The highest BCUT2D eigenvalue weighted by Crippen LogP contribution is 2.16. The van der Waals surface area contributed by atoms with Crippen molar-refractivity contribution in [2.45, 2.75) is 32.9 Å². The maximum Gasteiger partial charge on any atom is 0.337 e. The molecule has 2 rings (SSSR count). The lowest BCUT2D eigenvalue weighted by Gasteiger charge is -2.17. The van der Waals surface area contributed by atoms with Crippen LogP contribution in [0, 0.1) is 0 Å². The first-order chi connectivity index (χ1) is 9.38. The Hall–Kier alpha value is -2.37. The molecule has 2 N–H and O–H groups in total. The van der Waals surface area contributed by atoms with E-state index in [0.29, 0.717) is 12.2 Å². The molecule has 0 aliphatic carbocycles. The summed E-state index contributed by atoms with van der Waals surface area (Å²) in [4.78, 5) is 11.1. The van der Waals surface area contributed by atoms with E-state index in [9.17, 15) is 4.79 Å². The summed E-state index contributed by atoms with van der Waals surface area (Å²) in [5.74, 6) is -0.952. The fourth-order valence-corrected chi connectivity index (χ4v) is 1.72. The van der Waals surface area contributed by atoms with Crippen LogP contribution in [0.4, 0.5) is 5.69 Å². The second kappa shape index (κ2) is 5.32. The molecular formula is C14H18N4O2. The van der Waals surface area contributed by atoms with Gasteiger partial charge < -0.3 is 10.4 Å². The van der Waals surface area contributed by atoms with Gasteiger partial charge in [-0.2, -0.15) is 0 Å². The third kappa shape index (κ3) is 3.14. The predicted octanol–water partition coefficient (Wildman–Crippen LogP) is 2.34. The molecule has 6 heteroatoms. The van der Waals surface area contributed by atoms with Crippen molar-refractivity contribution in [2.24, 2.45) is 0 Å². The zero-order valence-electron chi connectivity index (χ0n) is 11.8. The van der Waals surface area contributed by atoms with Crippen LogP contribution in [0.15, 0.2) is 30.5 Å². The van der Waals surface area contributed by atoms with Gasteiger partial charge in [-0.25, -0.2) is 9.48 Å². The van der Waals surface area contributed by atoms with Gasteiger partial charge in [-0.1, -0.05) is 17.3 Å². The maximum absolute atomic E-state index is 11.1. The number of aromatic nitrogens is 3.